The van der Waals surface area contributed by atoms with Gasteiger partial charge in [-0.1, -0.05) is 38.1 Å². The highest BCUT2D eigenvalue weighted by Gasteiger charge is 2.50. The Labute approximate surface area is 420 Å². The molecule has 72 heavy (non-hydrogen) atoms. The van der Waals surface area contributed by atoms with E-state index in [-0.39, 0.29) is 40.8 Å². The van der Waals surface area contributed by atoms with Crippen molar-refractivity contribution >= 4 is 55.4 Å². The summed E-state index contributed by atoms with van der Waals surface area (Å²) >= 11 is 0. The molecule has 1 amide bonds. The van der Waals surface area contributed by atoms with Gasteiger partial charge in [0.1, 0.15) is 23.1 Å². The largest absolute Gasteiger partial charge is 0.470 e. The lowest BCUT2D eigenvalue weighted by Crippen LogP contribution is -2.58. The van der Waals surface area contributed by atoms with Crippen LogP contribution in [0.5, 0.6) is 5.88 Å². The van der Waals surface area contributed by atoms with Gasteiger partial charge in [-0.2, -0.15) is 4.98 Å². The number of amides is 1. The Morgan fingerprint density at radius 1 is 0.944 bits per heavy atom. The number of piperidine rings is 1. The Hall–Kier alpha value is -5.79. The number of nitro groups is 1. The van der Waals surface area contributed by atoms with Crippen molar-refractivity contribution in [2.24, 2.45) is 11.3 Å². The van der Waals surface area contributed by atoms with Gasteiger partial charge in [-0.15, -0.1) is 0 Å². The second-order valence-electron chi connectivity index (χ2n) is 21.7. The lowest BCUT2D eigenvalue weighted by molar-refractivity contribution is -0.384. The average molecular weight is 1000 g/mol. The van der Waals surface area contributed by atoms with Crippen molar-refractivity contribution in [1.82, 2.24) is 19.6 Å². The molecule has 382 valence electrons. The Morgan fingerprint density at radius 3 is 2.50 bits per heavy atom. The lowest BCUT2D eigenvalue weighted by atomic mass is 9.59. The molecule has 1 spiro atoms. The maximum absolute atomic E-state index is 14.7. The number of aliphatic hydroxyl groups is 1. The predicted octanol–water partition coefficient (Wildman–Crippen LogP) is 8.58. The first kappa shape index (κ1) is 48.5. The molecule has 5 fully saturated rings. The van der Waals surface area contributed by atoms with E-state index in [2.05, 4.69) is 62.9 Å². The first-order valence-corrected chi connectivity index (χ1v) is 27.3. The minimum Gasteiger partial charge on any atom is -0.470 e. The van der Waals surface area contributed by atoms with E-state index in [1.807, 2.05) is 42.3 Å². The fourth-order valence-electron chi connectivity index (χ4n) is 12.5. The summed E-state index contributed by atoms with van der Waals surface area (Å²) in [6.07, 6.45) is 9.18. The summed E-state index contributed by atoms with van der Waals surface area (Å²) in [6, 6.07) is 22.3. The fourth-order valence-corrected chi connectivity index (χ4v) is 13.5. The summed E-state index contributed by atoms with van der Waals surface area (Å²) in [6.45, 7) is 11.6. The van der Waals surface area contributed by atoms with Crippen LogP contribution in [0.1, 0.15) is 112 Å². The number of fused-ring (bicyclic) bond motifs is 3. The second kappa shape index (κ2) is 19.2. The quantitative estimate of drug-likeness (QED) is 0.0683. The number of nitro benzene ring substituents is 1. The van der Waals surface area contributed by atoms with Crippen LogP contribution in [-0.4, -0.2) is 116 Å². The number of benzene rings is 3. The molecule has 6 aliphatic rings. The van der Waals surface area contributed by atoms with Gasteiger partial charge in [0.25, 0.3) is 21.6 Å². The van der Waals surface area contributed by atoms with Crippen molar-refractivity contribution in [3.8, 4) is 5.88 Å². The number of carbonyl (C=O) groups excluding carboxylic acids is 1. The topological polar surface area (TPSA) is 205 Å². The zero-order valence-corrected chi connectivity index (χ0v) is 42.2. The summed E-state index contributed by atoms with van der Waals surface area (Å²) in [5, 5.41) is 26.7. The number of carbonyl (C=O) groups is 1. The summed E-state index contributed by atoms with van der Waals surface area (Å²) < 4.78 is 49.4. The van der Waals surface area contributed by atoms with Crippen molar-refractivity contribution in [2.45, 2.75) is 119 Å². The van der Waals surface area contributed by atoms with Crippen molar-refractivity contribution < 1.29 is 37.5 Å². The SMILES string of the molecule is CC(C)c1ccccc1[C@H]1COCCN1C1CC2(CCN(c3ccc(C(=O)NS(=O)(=O)c4ccc(NCC5CCC(C)(O)CC5)c([N+](=O)[O-])c4)c(N4c5cc6cc[nH]c6nc5O[C@@H]5CCOC[C@H]54)c3)CC2)C1. The van der Waals surface area contributed by atoms with E-state index in [0.717, 1.165) is 81.9 Å². The van der Waals surface area contributed by atoms with Crippen molar-refractivity contribution in [1.29, 1.82) is 0 Å². The van der Waals surface area contributed by atoms with Gasteiger partial charge in [-0.05, 0) is 129 Å². The molecule has 5 aromatic rings. The summed E-state index contributed by atoms with van der Waals surface area (Å²) in [7, 11) is -4.62. The van der Waals surface area contributed by atoms with E-state index in [4.69, 9.17) is 19.2 Å². The molecule has 18 heteroatoms. The molecule has 0 unspecified atom stereocenters. The van der Waals surface area contributed by atoms with Gasteiger partial charge in [0.15, 0.2) is 0 Å². The lowest BCUT2D eigenvalue weighted by Gasteiger charge is -2.57. The Kier molecular flexibility index (Phi) is 13.0. The second-order valence-corrected chi connectivity index (χ2v) is 23.4. The van der Waals surface area contributed by atoms with Crippen molar-refractivity contribution in [3.63, 3.8) is 0 Å². The predicted molar refractivity (Wildman–Crippen MR) is 275 cm³/mol. The Bertz CT molecular complexity index is 2950. The number of H-pyrrole nitrogens is 1. The zero-order chi connectivity index (χ0) is 49.9. The van der Waals surface area contributed by atoms with Gasteiger partial charge in [0.05, 0.1) is 65.2 Å². The normalized spacial score (nSPS) is 25.6. The first-order valence-electron chi connectivity index (χ1n) is 25.8. The number of sulfonamides is 1. The molecule has 4 aliphatic heterocycles. The van der Waals surface area contributed by atoms with Gasteiger partial charge < -0.3 is 39.4 Å². The number of hydrogen-bond donors (Lipinski definition) is 4. The number of nitrogens with one attached hydrogen (secondary N) is 3. The van der Waals surface area contributed by atoms with Crippen LogP contribution in [0.2, 0.25) is 0 Å². The number of pyridine rings is 1. The molecule has 2 aromatic heterocycles. The molecular formula is C54H66N8O9S. The van der Waals surface area contributed by atoms with Crippen molar-refractivity contribution in [2.75, 3.05) is 67.7 Å². The number of aromatic amines is 1. The third-order valence-electron chi connectivity index (χ3n) is 16.7. The molecule has 4 N–H and O–H groups in total. The highest BCUT2D eigenvalue weighted by molar-refractivity contribution is 7.90. The van der Waals surface area contributed by atoms with Crippen LogP contribution in [-0.2, 0) is 19.5 Å². The first-order chi connectivity index (χ1) is 34.6. The summed E-state index contributed by atoms with van der Waals surface area (Å²) in [5.41, 5.74) is 4.80. The van der Waals surface area contributed by atoms with Gasteiger partial charge in [0.2, 0.25) is 5.88 Å². The summed E-state index contributed by atoms with van der Waals surface area (Å²) in [4.78, 5) is 41.2. The smallest absolute Gasteiger partial charge is 0.293 e. The summed E-state index contributed by atoms with van der Waals surface area (Å²) in [5.74, 6) is 0.129. The van der Waals surface area contributed by atoms with E-state index in [1.54, 1.807) is 6.07 Å². The number of morpholine rings is 1. The van der Waals surface area contributed by atoms with Crippen LogP contribution in [0.4, 0.5) is 28.4 Å². The van der Waals surface area contributed by atoms with Gasteiger partial charge in [-0.25, -0.2) is 13.1 Å². The number of hydrogen-bond acceptors (Lipinski definition) is 14. The molecule has 3 aromatic carbocycles. The standard InChI is InChI=1S/C54H66N8O9S/c1-34(2)40-6-4-5-7-41(40)47-32-70-25-23-60(47)38-29-54(30-38)18-21-59(22-19-54)37-8-10-42(44(27-37)61-46-26-36-14-20-55-50(36)57-52(46)71-49-15-24-69-33-48(49)61)51(63)58-72(67,68)39-9-11-43(45(28-39)62(65)66)56-31-35-12-16-53(3,64)17-13-35/h4-11,14,20,26-28,34-35,38,47-49,56,64H,12-13,15-19,21-25,29-33H2,1-3H3,(H,55,57)(H,58,63)/t35?,47-,48-,49-,53?/m1/s1. The van der Waals surface area contributed by atoms with Crippen LogP contribution in [0, 0.1) is 21.4 Å². The van der Waals surface area contributed by atoms with Crippen LogP contribution < -0.4 is 24.6 Å². The van der Waals surface area contributed by atoms with Crippen molar-refractivity contribution in [3.05, 3.63) is 106 Å². The maximum atomic E-state index is 14.7. The highest BCUT2D eigenvalue weighted by atomic mass is 32.2. The molecule has 6 heterocycles. The number of rotatable bonds is 12. The van der Waals surface area contributed by atoms with E-state index >= 15 is 0 Å². The third kappa shape index (κ3) is 9.40. The zero-order valence-electron chi connectivity index (χ0n) is 41.3. The Morgan fingerprint density at radius 2 is 1.72 bits per heavy atom. The van der Waals surface area contributed by atoms with Gasteiger partial charge >= 0.3 is 0 Å². The van der Waals surface area contributed by atoms with E-state index in [1.165, 1.54) is 23.3 Å². The van der Waals surface area contributed by atoms with Gasteiger partial charge in [0, 0.05) is 62.0 Å². The molecule has 0 bridgehead atoms. The molecule has 3 atom stereocenters. The highest BCUT2D eigenvalue weighted by Crippen LogP contribution is 2.54. The monoisotopic (exact) mass is 1000 g/mol. The minimum absolute atomic E-state index is 0.0994. The number of anilines is 4. The van der Waals surface area contributed by atoms with Crippen LogP contribution in [0.25, 0.3) is 11.0 Å². The number of nitrogens with zero attached hydrogens (tertiary/aromatic N) is 5. The van der Waals surface area contributed by atoms with E-state index < -0.39 is 37.0 Å². The molecule has 11 rings (SSSR count). The molecule has 17 nitrogen and oxygen atoms in total. The van der Waals surface area contributed by atoms with E-state index in [0.29, 0.717) is 80.5 Å². The van der Waals surface area contributed by atoms with Crippen LogP contribution in [0.3, 0.4) is 0 Å². The molecule has 0 radical (unpaired) electrons. The van der Waals surface area contributed by atoms with Crippen LogP contribution in [0.15, 0.2) is 83.9 Å². The van der Waals surface area contributed by atoms with E-state index in [9.17, 15) is 28.4 Å². The average Bonchev–Trinajstić information content (AvgIpc) is 3.83. The van der Waals surface area contributed by atoms with Crippen LogP contribution >= 0.6 is 0 Å². The fraction of sp³-hybridized carbons (Fsp3) is 0.519. The Balaban J connectivity index is 0.864. The molecule has 2 aliphatic carbocycles. The molecular weight excluding hydrogens is 937 g/mol. The van der Waals surface area contributed by atoms with Gasteiger partial charge in [-0.3, -0.25) is 19.8 Å². The maximum Gasteiger partial charge on any atom is 0.293 e. The third-order valence-corrected chi connectivity index (χ3v) is 18.0. The number of aromatic nitrogens is 2. The molecule has 3 saturated heterocycles. The number of ether oxygens (including phenoxy) is 3. The minimum atomic E-state index is -4.62. The molecule has 2 saturated carbocycles.